The van der Waals surface area contributed by atoms with Crippen LogP contribution in [0.4, 0.5) is 0 Å². The van der Waals surface area contributed by atoms with E-state index in [1.807, 2.05) is 0 Å². The molecular weight excluding hydrogens is 362 g/mol. The van der Waals surface area contributed by atoms with Gasteiger partial charge < -0.3 is 14.4 Å². The van der Waals surface area contributed by atoms with Crippen molar-refractivity contribution in [1.29, 1.82) is 0 Å². The summed E-state index contributed by atoms with van der Waals surface area (Å²) in [6.45, 7) is 13.1. The van der Waals surface area contributed by atoms with Crippen molar-refractivity contribution in [2.45, 2.75) is 59.0 Å². The summed E-state index contributed by atoms with van der Waals surface area (Å²) < 4.78 is 7.61. The summed E-state index contributed by atoms with van der Waals surface area (Å²) in [7, 11) is 0. The zero-order valence-corrected chi connectivity index (χ0v) is 18.3. The number of aliphatic imine (C=N–C) groups is 1. The van der Waals surface area contributed by atoms with Crippen molar-refractivity contribution in [1.82, 2.24) is 9.47 Å². The average molecular weight is 398 g/mol. The highest BCUT2D eigenvalue weighted by atomic mass is 16.5. The average Bonchev–Trinajstić information content (AvgIpc) is 2.99. The second kappa shape index (κ2) is 8.49. The van der Waals surface area contributed by atoms with Crippen molar-refractivity contribution in [2.75, 3.05) is 32.8 Å². The van der Waals surface area contributed by atoms with Crippen LogP contribution in [-0.2, 0) is 11.2 Å². The maximum Gasteiger partial charge on any atom is 0.201 e. The molecule has 0 spiro atoms. The first-order chi connectivity index (χ1) is 14.0. The lowest BCUT2D eigenvalue weighted by molar-refractivity contribution is 0.0393. The standard InChI is InChI=1S/C24H35N3O2/c1-16(2)13-18-5-6-22-20(14-18)23(24(28)27(22)17(3)4)21-15-26(10-9-25-21)19-7-11-29-12-8-19/h5-6,14,16-17,19,28H,7-13,15H2,1-4H3. The van der Waals surface area contributed by atoms with Gasteiger partial charge in [-0.05, 0) is 56.7 Å². The topological polar surface area (TPSA) is 50.0 Å². The summed E-state index contributed by atoms with van der Waals surface area (Å²) in [4.78, 5) is 7.43. The second-order valence-corrected chi connectivity index (χ2v) is 9.25. The highest BCUT2D eigenvalue weighted by molar-refractivity contribution is 6.14. The van der Waals surface area contributed by atoms with Crippen LogP contribution in [0.15, 0.2) is 23.2 Å². The molecule has 0 unspecified atom stereocenters. The van der Waals surface area contributed by atoms with Crippen molar-refractivity contribution in [2.24, 2.45) is 10.9 Å². The van der Waals surface area contributed by atoms with Crippen LogP contribution < -0.4 is 0 Å². The number of hydrogen-bond donors (Lipinski definition) is 1. The van der Waals surface area contributed by atoms with E-state index in [4.69, 9.17) is 9.73 Å². The predicted octanol–water partition coefficient (Wildman–Crippen LogP) is 4.41. The van der Waals surface area contributed by atoms with Gasteiger partial charge in [0.25, 0.3) is 0 Å². The largest absolute Gasteiger partial charge is 0.494 e. The normalized spacial score (nSPS) is 19.4. The Labute approximate surface area is 174 Å². The molecule has 2 aliphatic heterocycles. The first kappa shape index (κ1) is 20.4. The predicted molar refractivity (Wildman–Crippen MR) is 119 cm³/mol. The van der Waals surface area contributed by atoms with Crippen LogP contribution in [0.25, 0.3) is 10.9 Å². The molecular formula is C24H35N3O2. The first-order valence-corrected chi connectivity index (χ1v) is 11.2. The number of benzene rings is 1. The molecule has 29 heavy (non-hydrogen) atoms. The van der Waals surface area contributed by atoms with E-state index in [9.17, 15) is 5.11 Å². The molecule has 2 aliphatic rings. The summed E-state index contributed by atoms with van der Waals surface area (Å²) in [5.74, 6) is 0.969. The van der Waals surface area contributed by atoms with Gasteiger partial charge in [0.1, 0.15) is 0 Å². The number of rotatable bonds is 5. The van der Waals surface area contributed by atoms with E-state index in [1.54, 1.807) is 0 Å². The summed E-state index contributed by atoms with van der Waals surface area (Å²) in [6.07, 6.45) is 3.22. The summed E-state index contributed by atoms with van der Waals surface area (Å²) in [5, 5.41) is 12.4. The Morgan fingerprint density at radius 1 is 1.17 bits per heavy atom. The van der Waals surface area contributed by atoms with Crippen LogP contribution in [0.2, 0.25) is 0 Å². The maximum absolute atomic E-state index is 11.2. The van der Waals surface area contributed by atoms with E-state index in [0.29, 0.717) is 17.8 Å². The third-order valence-electron chi connectivity index (χ3n) is 6.24. The number of nitrogens with zero attached hydrogens (tertiary/aromatic N) is 3. The summed E-state index contributed by atoms with van der Waals surface area (Å²) in [6, 6.07) is 7.42. The Hall–Kier alpha value is -1.85. The lowest BCUT2D eigenvalue weighted by atomic mass is 9.98. The Kier molecular flexibility index (Phi) is 5.98. The van der Waals surface area contributed by atoms with Crippen LogP contribution in [0.3, 0.4) is 0 Å². The fraction of sp³-hybridized carbons (Fsp3) is 0.625. The Morgan fingerprint density at radius 3 is 2.62 bits per heavy atom. The molecule has 1 N–H and O–H groups in total. The van der Waals surface area contributed by atoms with Crippen molar-refractivity contribution < 1.29 is 9.84 Å². The van der Waals surface area contributed by atoms with Gasteiger partial charge in [-0.25, -0.2) is 0 Å². The number of hydrogen-bond acceptors (Lipinski definition) is 4. The number of aromatic hydroxyl groups is 1. The molecule has 1 saturated heterocycles. The van der Waals surface area contributed by atoms with Crippen molar-refractivity contribution in [3.05, 3.63) is 29.3 Å². The molecule has 0 atom stereocenters. The molecule has 5 heteroatoms. The molecule has 1 aromatic heterocycles. The monoisotopic (exact) mass is 397 g/mol. The van der Waals surface area contributed by atoms with E-state index in [-0.39, 0.29) is 6.04 Å². The molecule has 3 heterocycles. The lowest BCUT2D eigenvalue weighted by Gasteiger charge is -2.36. The van der Waals surface area contributed by atoms with Crippen LogP contribution in [-0.4, -0.2) is 59.2 Å². The Balaban J connectivity index is 1.75. The number of fused-ring (bicyclic) bond motifs is 1. The fourth-order valence-corrected chi connectivity index (χ4v) is 4.91. The van der Waals surface area contributed by atoms with Gasteiger partial charge in [-0.15, -0.1) is 0 Å². The van der Waals surface area contributed by atoms with E-state index in [1.165, 1.54) is 5.56 Å². The molecule has 2 aromatic rings. The van der Waals surface area contributed by atoms with Crippen molar-refractivity contribution in [3.8, 4) is 5.88 Å². The van der Waals surface area contributed by atoms with Gasteiger partial charge >= 0.3 is 0 Å². The van der Waals surface area contributed by atoms with E-state index < -0.39 is 0 Å². The summed E-state index contributed by atoms with van der Waals surface area (Å²) in [5.41, 5.74) is 4.40. The third kappa shape index (κ3) is 4.08. The van der Waals surface area contributed by atoms with Gasteiger partial charge in [0.15, 0.2) is 0 Å². The fourth-order valence-electron chi connectivity index (χ4n) is 4.91. The van der Waals surface area contributed by atoms with E-state index in [0.717, 1.165) is 74.3 Å². The van der Waals surface area contributed by atoms with Gasteiger partial charge in [-0.2, -0.15) is 0 Å². The Bertz CT molecular complexity index is 891. The van der Waals surface area contributed by atoms with Crippen LogP contribution in [0.5, 0.6) is 5.88 Å². The molecule has 0 bridgehead atoms. The third-order valence-corrected chi connectivity index (χ3v) is 6.24. The molecule has 1 aromatic carbocycles. The van der Waals surface area contributed by atoms with Gasteiger partial charge in [-0.3, -0.25) is 9.89 Å². The lowest BCUT2D eigenvalue weighted by Crippen LogP contribution is -2.46. The molecule has 4 rings (SSSR count). The van der Waals surface area contributed by atoms with Crippen LogP contribution in [0, 0.1) is 5.92 Å². The first-order valence-electron chi connectivity index (χ1n) is 11.2. The van der Waals surface area contributed by atoms with Crippen molar-refractivity contribution >= 4 is 16.6 Å². The number of ether oxygens (including phenoxy) is 1. The van der Waals surface area contributed by atoms with E-state index >= 15 is 0 Å². The van der Waals surface area contributed by atoms with Crippen molar-refractivity contribution in [3.63, 3.8) is 0 Å². The van der Waals surface area contributed by atoms with Gasteiger partial charge in [-0.1, -0.05) is 19.9 Å². The molecule has 5 nitrogen and oxygen atoms in total. The molecule has 0 aliphatic carbocycles. The van der Waals surface area contributed by atoms with Gasteiger partial charge in [0.2, 0.25) is 5.88 Å². The zero-order valence-electron chi connectivity index (χ0n) is 18.3. The smallest absolute Gasteiger partial charge is 0.201 e. The molecule has 1 fully saturated rings. The maximum atomic E-state index is 11.2. The SMILES string of the molecule is CC(C)Cc1ccc2c(c1)c(C1=NCCN(C3CCOCC3)C1)c(O)n2C(C)C. The minimum atomic E-state index is 0.193. The number of aromatic nitrogens is 1. The quantitative estimate of drug-likeness (QED) is 0.813. The summed E-state index contributed by atoms with van der Waals surface area (Å²) >= 11 is 0. The second-order valence-electron chi connectivity index (χ2n) is 9.25. The molecule has 158 valence electrons. The highest BCUT2D eigenvalue weighted by Crippen LogP contribution is 2.36. The van der Waals surface area contributed by atoms with Gasteiger partial charge in [0.05, 0.1) is 23.3 Å². The molecule has 0 radical (unpaired) electrons. The van der Waals surface area contributed by atoms with E-state index in [2.05, 4.69) is 55.4 Å². The van der Waals surface area contributed by atoms with Crippen LogP contribution >= 0.6 is 0 Å². The Morgan fingerprint density at radius 2 is 1.93 bits per heavy atom. The molecule has 0 amide bonds. The minimum absolute atomic E-state index is 0.193. The minimum Gasteiger partial charge on any atom is -0.494 e. The molecule has 0 saturated carbocycles. The highest BCUT2D eigenvalue weighted by Gasteiger charge is 2.29. The van der Waals surface area contributed by atoms with Crippen LogP contribution in [0.1, 0.15) is 57.7 Å². The zero-order chi connectivity index (χ0) is 20.5. The van der Waals surface area contributed by atoms with Gasteiger partial charge in [0, 0.05) is 43.8 Å².